The molecular formula is C22H18N4O3S2. The fourth-order valence-corrected chi connectivity index (χ4v) is 4.21. The zero-order chi connectivity index (χ0) is 21.6. The summed E-state index contributed by atoms with van der Waals surface area (Å²) in [5, 5.41) is 11.9. The maximum Gasteiger partial charge on any atom is 0.331 e. The van der Waals surface area contributed by atoms with Crippen molar-refractivity contribution in [2.75, 3.05) is 5.32 Å². The molecule has 0 fully saturated rings. The number of nitrogens with one attached hydrogen (secondary N) is 1. The Morgan fingerprint density at radius 2 is 1.87 bits per heavy atom. The monoisotopic (exact) mass is 450 g/mol. The van der Waals surface area contributed by atoms with Crippen molar-refractivity contribution in [3.63, 3.8) is 0 Å². The van der Waals surface area contributed by atoms with Gasteiger partial charge in [0.25, 0.3) is 5.91 Å². The Kier molecular flexibility index (Phi) is 6.44. The van der Waals surface area contributed by atoms with Crippen molar-refractivity contribution < 1.29 is 14.3 Å². The minimum Gasteiger partial charge on any atom is -0.455 e. The minimum atomic E-state index is -0.517. The second-order valence-electron chi connectivity index (χ2n) is 6.47. The maximum atomic E-state index is 12.3. The van der Waals surface area contributed by atoms with Gasteiger partial charge < -0.3 is 10.1 Å². The Morgan fingerprint density at radius 1 is 1.06 bits per heavy atom. The van der Waals surface area contributed by atoms with E-state index >= 15 is 0 Å². The fraction of sp³-hybridized carbons (Fsp3) is 0.136. The van der Waals surface area contributed by atoms with Gasteiger partial charge in [-0.05, 0) is 42.3 Å². The number of carbonyl (C=O) groups excluding carboxylic acids is 2. The highest BCUT2D eigenvalue weighted by atomic mass is 32.1. The van der Waals surface area contributed by atoms with Gasteiger partial charge in [0.15, 0.2) is 5.01 Å². The quantitative estimate of drug-likeness (QED) is 0.323. The summed E-state index contributed by atoms with van der Waals surface area (Å²) in [6.07, 6.45) is 3.88. The molecule has 2 aromatic heterocycles. The van der Waals surface area contributed by atoms with E-state index in [4.69, 9.17) is 4.74 Å². The van der Waals surface area contributed by atoms with Gasteiger partial charge in [-0.3, -0.25) is 4.79 Å². The number of rotatable bonds is 7. The summed E-state index contributed by atoms with van der Waals surface area (Å²) in [6, 6.07) is 15.4. The zero-order valence-corrected chi connectivity index (χ0v) is 18.2. The maximum absolute atomic E-state index is 12.3. The van der Waals surface area contributed by atoms with Crippen molar-refractivity contribution >= 4 is 56.5 Å². The molecule has 1 amide bonds. The minimum absolute atomic E-state index is 0.0564. The van der Waals surface area contributed by atoms with Gasteiger partial charge in [0.2, 0.25) is 5.01 Å². The molecule has 7 nitrogen and oxygen atoms in total. The van der Waals surface area contributed by atoms with Crippen molar-refractivity contribution in [3.05, 3.63) is 75.2 Å². The molecule has 0 saturated heterocycles. The number of aromatic nitrogens is 3. The number of ether oxygens (including phenoxy) is 1. The number of fused-ring (bicyclic) bond motifs is 1. The van der Waals surface area contributed by atoms with Gasteiger partial charge in [-0.15, -0.1) is 21.5 Å². The van der Waals surface area contributed by atoms with Crippen LogP contribution in [0.15, 0.2) is 54.6 Å². The van der Waals surface area contributed by atoms with Crippen LogP contribution in [0.25, 0.3) is 16.3 Å². The SMILES string of the molecule is CCc1ccc(NC(=O)c2nnc(COC(=O)/C=C/c3nc4ccccc4s3)s2)cc1. The van der Waals surface area contributed by atoms with Gasteiger partial charge in [0, 0.05) is 11.8 Å². The lowest BCUT2D eigenvalue weighted by Crippen LogP contribution is -2.11. The third kappa shape index (κ3) is 5.39. The number of anilines is 1. The molecule has 0 aliphatic heterocycles. The number of esters is 1. The third-order valence-corrected chi connectivity index (χ3v) is 6.19. The van der Waals surface area contributed by atoms with Crippen LogP contribution in [0.4, 0.5) is 5.69 Å². The molecule has 156 valence electrons. The Balaban J connectivity index is 1.29. The summed E-state index contributed by atoms with van der Waals surface area (Å²) in [5.74, 6) is -0.869. The Morgan fingerprint density at radius 3 is 2.65 bits per heavy atom. The van der Waals surface area contributed by atoms with E-state index in [2.05, 4.69) is 27.4 Å². The van der Waals surface area contributed by atoms with E-state index in [1.807, 2.05) is 48.5 Å². The third-order valence-electron chi connectivity index (χ3n) is 4.29. The largest absolute Gasteiger partial charge is 0.455 e. The molecular weight excluding hydrogens is 432 g/mol. The normalized spacial score (nSPS) is 11.1. The molecule has 0 saturated carbocycles. The van der Waals surface area contributed by atoms with E-state index in [1.165, 1.54) is 23.0 Å². The van der Waals surface area contributed by atoms with Crippen LogP contribution in [-0.2, 0) is 22.6 Å². The van der Waals surface area contributed by atoms with Crippen LogP contribution in [0.3, 0.4) is 0 Å². The van der Waals surface area contributed by atoms with Crippen LogP contribution in [0.5, 0.6) is 0 Å². The molecule has 0 atom stereocenters. The van der Waals surface area contributed by atoms with Crippen LogP contribution in [-0.4, -0.2) is 27.1 Å². The highest BCUT2D eigenvalue weighted by Crippen LogP contribution is 2.22. The molecule has 0 aliphatic carbocycles. The van der Waals surface area contributed by atoms with Crippen LogP contribution < -0.4 is 5.32 Å². The van der Waals surface area contributed by atoms with E-state index in [-0.39, 0.29) is 17.5 Å². The number of para-hydroxylation sites is 1. The summed E-state index contributed by atoms with van der Waals surface area (Å²) >= 11 is 2.57. The topological polar surface area (TPSA) is 94.1 Å². The summed E-state index contributed by atoms with van der Waals surface area (Å²) in [6.45, 7) is 2.01. The van der Waals surface area contributed by atoms with E-state index < -0.39 is 5.97 Å². The molecule has 2 heterocycles. The molecule has 2 aromatic carbocycles. The number of thiazole rings is 1. The number of nitrogens with zero attached hydrogens (tertiary/aromatic N) is 3. The average Bonchev–Trinajstić information content (AvgIpc) is 3.43. The van der Waals surface area contributed by atoms with Crippen LogP contribution in [0.1, 0.15) is 32.3 Å². The molecule has 0 spiro atoms. The Labute approximate surface area is 186 Å². The lowest BCUT2D eigenvalue weighted by atomic mass is 10.1. The van der Waals surface area contributed by atoms with Crippen LogP contribution >= 0.6 is 22.7 Å². The summed E-state index contributed by atoms with van der Waals surface area (Å²) in [4.78, 5) is 28.7. The van der Waals surface area contributed by atoms with Gasteiger partial charge in [0.1, 0.15) is 11.6 Å². The summed E-state index contributed by atoms with van der Waals surface area (Å²) < 4.78 is 6.24. The molecule has 9 heteroatoms. The van der Waals surface area contributed by atoms with Gasteiger partial charge >= 0.3 is 5.97 Å². The number of amides is 1. The zero-order valence-electron chi connectivity index (χ0n) is 16.6. The molecule has 1 N–H and O–H groups in total. The van der Waals surface area contributed by atoms with Crippen molar-refractivity contribution in [3.8, 4) is 0 Å². The first-order valence-corrected chi connectivity index (χ1v) is 11.2. The highest BCUT2D eigenvalue weighted by Gasteiger charge is 2.14. The molecule has 0 bridgehead atoms. The van der Waals surface area contributed by atoms with Crippen molar-refractivity contribution in [1.29, 1.82) is 0 Å². The van der Waals surface area contributed by atoms with Crippen molar-refractivity contribution in [2.45, 2.75) is 20.0 Å². The van der Waals surface area contributed by atoms with E-state index in [1.54, 1.807) is 6.08 Å². The highest BCUT2D eigenvalue weighted by molar-refractivity contribution is 7.19. The van der Waals surface area contributed by atoms with Crippen molar-refractivity contribution in [1.82, 2.24) is 15.2 Å². The average molecular weight is 451 g/mol. The number of benzene rings is 2. The first kappa shape index (κ1) is 20.8. The lowest BCUT2D eigenvalue weighted by molar-refractivity contribution is -0.138. The van der Waals surface area contributed by atoms with E-state index in [0.717, 1.165) is 33.0 Å². The van der Waals surface area contributed by atoms with Gasteiger partial charge in [-0.1, -0.05) is 42.5 Å². The summed E-state index contributed by atoms with van der Waals surface area (Å²) in [7, 11) is 0. The van der Waals surface area contributed by atoms with Gasteiger partial charge in [-0.2, -0.15) is 0 Å². The fourth-order valence-electron chi connectivity index (χ4n) is 2.69. The number of hydrogen-bond acceptors (Lipinski definition) is 8. The first-order chi connectivity index (χ1) is 15.1. The van der Waals surface area contributed by atoms with Crippen molar-refractivity contribution in [2.24, 2.45) is 0 Å². The summed E-state index contributed by atoms with van der Waals surface area (Å²) in [5.41, 5.74) is 2.77. The molecule has 4 rings (SSSR count). The molecule has 4 aromatic rings. The molecule has 0 radical (unpaired) electrons. The molecule has 31 heavy (non-hydrogen) atoms. The molecule has 0 aliphatic rings. The second-order valence-corrected chi connectivity index (χ2v) is 8.59. The molecule has 0 unspecified atom stereocenters. The predicted molar refractivity (Wildman–Crippen MR) is 122 cm³/mol. The van der Waals surface area contributed by atoms with Crippen LogP contribution in [0, 0.1) is 0 Å². The van der Waals surface area contributed by atoms with Gasteiger partial charge in [-0.25, -0.2) is 9.78 Å². The van der Waals surface area contributed by atoms with Gasteiger partial charge in [0.05, 0.1) is 10.2 Å². The lowest BCUT2D eigenvalue weighted by Gasteiger charge is -2.03. The number of hydrogen-bond donors (Lipinski definition) is 1. The Hall–Kier alpha value is -3.43. The van der Waals surface area contributed by atoms with E-state index in [0.29, 0.717) is 10.7 Å². The first-order valence-electron chi connectivity index (χ1n) is 9.54. The smallest absolute Gasteiger partial charge is 0.331 e. The predicted octanol–water partition coefficient (Wildman–Crippen LogP) is 4.72. The Bertz CT molecular complexity index is 1210. The standard InChI is InChI=1S/C22H18N4O3S2/c1-2-14-7-9-15(10-8-14)23-21(28)22-26-25-19(31-22)13-29-20(27)12-11-18-24-16-5-3-4-6-17(16)30-18/h3-12H,2,13H2,1H3,(H,23,28)/b12-11+. The van der Waals surface area contributed by atoms with E-state index in [9.17, 15) is 9.59 Å². The number of carbonyl (C=O) groups is 2. The second kappa shape index (κ2) is 9.59. The van der Waals surface area contributed by atoms with Crippen LogP contribution in [0.2, 0.25) is 0 Å². The number of aryl methyl sites for hydroxylation is 1.